The van der Waals surface area contributed by atoms with Gasteiger partial charge in [-0.1, -0.05) is 36.7 Å². The Hall–Kier alpha value is -1.66. The fraction of sp³-hybridized carbons (Fsp3) is 0.500. The third-order valence-corrected chi connectivity index (χ3v) is 4.35. The Labute approximate surface area is 140 Å². The molecule has 23 heavy (non-hydrogen) atoms. The fourth-order valence-corrected chi connectivity index (χ4v) is 2.80. The minimum atomic E-state index is -0.305. The monoisotopic (exact) mass is 338 g/mol. The van der Waals surface area contributed by atoms with E-state index in [9.17, 15) is 4.39 Å². The topological polar surface area (TPSA) is 45.4 Å². The van der Waals surface area contributed by atoms with Gasteiger partial charge in [0, 0.05) is 43.7 Å². The number of hydrogen-bond donors (Lipinski definition) is 0. The smallest absolute Gasteiger partial charge is 0.322 e. The van der Waals surface area contributed by atoms with Crippen molar-refractivity contribution in [3.05, 3.63) is 40.4 Å². The van der Waals surface area contributed by atoms with Gasteiger partial charge in [0.05, 0.1) is 0 Å². The lowest BCUT2D eigenvalue weighted by molar-refractivity contribution is 0.242. The number of benzene rings is 1. The molecule has 0 N–H and O–H groups in total. The Morgan fingerprint density at radius 1 is 1.26 bits per heavy atom. The molecule has 0 spiro atoms. The first kappa shape index (κ1) is 16.2. The average molecular weight is 339 g/mol. The summed E-state index contributed by atoms with van der Waals surface area (Å²) in [6.07, 6.45) is 0. The van der Waals surface area contributed by atoms with E-state index in [0.29, 0.717) is 17.6 Å². The molecule has 2 aromatic rings. The molecule has 1 aliphatic rings. The summed E-state index contributed by atoms with van der Waals surface area (Å²) in [5.41, 5.74) is 0.946. The first-order valence-corrected chi connectivity index (χ1v) is 8.15. The molecule has 0 atom stereocenters. The minimum Gasteiger partial charge on any atom is -0.322 e. The zero-order valence-electron chi connectivity index (χ0n) is 13.3. The minimum absolute atomic E-state index is 0.259. The van der Waals surface area contributed by atoms with Crippen LogP contribution in [-0.2, 0) is 6.54 Å². The standard InChI is InChI=1S/C16H20ClFN4O/c1-11(2)15-19-16(23-20-15)22-7-5-21(6-8-22)10-12-3-4-13(18)9-14(12)17/h3-4,9,11H,5-8,10H2,1-2H3. The highest BCUT2D eigenvalue weighted by Crippen LogP contribution is 2.21. The number of anilines is 1. The Morgan fingerprint density at radius 3 is 2.61 bits per heavy atom. The molecule has 0 unspecified atom stereocenters. The molecular formula is C16H20ClFN4O. The zero-order chi connectivity index (χ0) is 16.4. The molecule has 0 aliphatic carbocycles. The van der Waals surface area contributed by atoms with Crippen LogP contribution in [0.3, 0.4) is 0 Å². The van der Waals surface area contributed by atoms with Crippen molar-refractivity contribution >= 4 is 17.6 Å². The fourth-order valence-electron chi connectivity index (χ4n) is 2.58. The number of piperazine rings is 1. The predicted octanol–water partition coefficient (Wildman–Crippen LogP) is 3.31. The molecule has 0 saturated carbocycles. The van der Waals surface area contributed by atoms with Crippen molar-refractivity contribution in [2.24, 2.45) is 0 Å². The van der Waals surface area contributed by atoms with Gasteiger partial charge >= 0.3 is 6.01 Å². The van der Waals surface area contributed by atoms with E-state index >= 15 is 0 Å². The third kappa shape index (κ3) is 3.82. The Kier molecular flexibility index (Phi) is 4.82. The molecule has 1 fully saturated rings. The van der Waals surface area contributed by atoms with Crippen LogP contribution in [0.5, 0.6) is 0 Å². The van der Waals surface area contributed by atoms with Gasteiger partial charge in [0.15, 0.2) is 5.82 Å². The SMILES string of the molecule is CC(C)c1noc(N2CCN(Cc3ccc(F)cc3Cl)CC2)n1. The molecule has 1 aliphatic heterocycles. The van der Waals surface area contributed by atoms with Crippen LogP contribution >= 0.6 is 11.6 Å². The summed E-state index contributed by atoms with van der Waals surface area (Å²) < 4.78 is 18.4. The largest absolute Gasteiger partial charge is 0.324 e. The molecule has 2 heterocycles. The lowest BCUT2D eigenvalue weighted by Crippen LogP contribution is -2.46. The summed E-state index contributed by atoms with van der Waals surface area (Å²) in [6, 6.07) is 5.15. The molecule has 0 bridgehead atoms. The summed E-state index contributed by atoms with van der Waals surface area (Å²) in [6.45, 7) is 8.17. The summed E-state index contributed by atoms with van der Waals surface area (Å²) in [5.74, 6) is 0.691. The molecule has 1 aromatic carbocycles. The van der Waals surface area contributed by atoms with Gasteiger partial charge in [0.1, 0.15) is 5.82 Å². The van der Waals surface area contributed by atoms with Gasteiger partial charge in [-0.15, -0.1) is 0 Å². The molecule has 7 heteroatoms. The molecular weight excluding hydrogens is 319 g/mol. The van der Waals surface area contributed by atoms with Crippen LogP contribution in [0.1, 0.15) is 31.2 Å². The molecule has 1 saturated heterocycles. The number of halogens is 2. The van der Waals surface area contributed by atoms with Crippen molar-refractivity contribution in [3.8, 4) is 0 Å². The van der Waals surface area contributed by atoms with Gasteiger partial charge in [-0.3, -0.25) is 4.90 Å². The van der Waals surface area contributed by atoms with Crippen molar-refractivity contribution in [3.63, 3.8) is 0 Å². The van der Waals surface area contributed by atoms with Crippen molar-refractivity contribution in [1.29, 1.82) is 0 Å². The number of aromatic nitrogens is 2. The van der Waals surface area contributed by atoms with E-state index in [1.165, 1.54) is 12.1 Å². The summed E-state index contributed by atoms with van der Waals surface area (Å²) >= 11 is 6.10. The van der Waals surface area contributed by atoms with Gasteiger partial charge in [-0.25, -0.2) is 4.39 Å². The molecule has 0 amide bonds. The van der Waals surface area contributed by atoms with E-state index in [1.54, 1.807) is 6.07 Å². The quantitative estimate of drug-likeness (QED) is 0.855. The first-order valence-electron chi connectivity index (χ1n) is 7.78. The van der Waals surface area contributed by atoms with E-state index in [2.05, 4.69) is 19.9 Å². The lowest BCUT2D eigenvalue weighted by atomic mass is 10.2. The second-order valence-electron chi connectivity index (χ2n) is 6.09. The van der Waals surface area contributed by atoms with Crippen LogP contribution in [0, 0.1) is 5.82 Å². The van der Waals surface area contributed by atoms with Crippen LogP contribution in [-0.4, -0.2) is 41.2 Å². The van der Waals surface area contributed by atoms with Crippen LogP contribution < -0.4 is 4.90 Å². The van der Waals surface area contributed by atoms with E-state index in [4.69, 9.17) is 16.1 Å². The van der Waals surface area contributed by atoms with E-state index in [-0.39, 0.29) is 11.7 Å². The maximum absolute atomic E-state index is 13.1. The Bertz CT molecular complexity index is 668. The van der Waals surface area contributed by atoms with Gasteiger partial charge in [0.25, 0.3) is 0 Å². The zero-order valence-corrected chi connectivity index (χ0v) is 14.1. The van der Waals surface area contributed by atoms with Crippen molar-refractivity contribution in [1.82, 2.24) is 15.0 Å². The lowest BCUT2D eigenvalue weighted by Gasteiger charge is -2.33. The van der Waals surface area contributed by atoms with Crippen LogP contribution in [0.15, 0.2) is 22.7 Å². The summed E-state index contributed by atoms with van der Waals surface area (Å²) in [7, 11) is 0. The molecule has 1 aromatic heterocycles. The second kappa shape index (κ2) is 6.84. The van der Waals surface area contributed by atoms with Crippen molar-refractivity contribution < 1.29 is 8.91 Å². The molecule has 5 nitrogen and oxygen atoms in total. The second-order valence-corrected chi connectivity index (χ2v) is 6.50. The normalized spacial score (nSPS) is 16.3. The van der Waals surface area contributed by atoms with E-state index in [0.717, 1.165) is 37.6 Å². The van der Waals surface area contributed by atoms with Gasteiger partial charge in [-0.05, 0) is 17.7 Å². The number of hydrogen-bond acceptors (Lipinski definition) is 5. The maximum atomic E-state index is 13.1. The highest BCUT2D eigenvalue weighted by atomic mass is 35.5. The Morgan fingerprint density at radius 2 is 2.00 bits per heavy atom. The molecule has 3 rings (SSSR count). The average Bonchev–Trinajstić information content (AvgIpc) is 3.01. The van der Waals surface area contributed by atoms with Gasteiger partial charge in [-0.2, -0.15) is 4.98 Å². The van der Waals surface area contributed by atoms with E-state index < -0.39 is 0 Å². The highest BCUT2D eigenvalue weighted by molar-refractivity contribution is 6.31. The predicted molar refractivity (Wildman–Crippen MR) is 87.3 cm³/mol. The maximum Gasteiger partial charge on any atom is 0.324 e. The van der Waals surface area contributed by atoms with Crippen molar-refractivity contribution in [2.45, 2.75) is 26.3 Å². The van der Waals surface area contributed by atoms with Crippen LogP contribution in [0.4, 0.5) is 10.4 Å². The van der Waals surface area contributed by atoms with Crippen LogP contribution in [0.25, 0.3) is 0 Å². The van der Waals surface area contributed by atoms with Crippen LogP contribution in [0.2, 0.25) is 5.02 Å². The molecule has 124 valence electrons. The molecule has 0 radical (unpaired) electrons. The Balaban J connectivity index is 1.57. The third-order valence-electron chi connectivity index (χ3n) is 4.00. The van der Waals surface area contributed by atoms with Gasteiger partial charge in [0.2, 0.25) is 0 Å². The number of rotatable bonds is 4. The number of nitrogens with zero attached hydrogens (tertiary/aromatic N) is 4. The van der Waals surface area contributed by atoms with Crippen molar-refractivity contribution in [2.75, 3.05) is 31.1 Å². The summed E-state index contributed by atoms with van der Waals surface area (Å²) in [5, 5.41) is 4.48. The first-order chi connectivity index (χ1) is 11.0. The summed E-state index contributed by atoms with van der Waals surface area (Å²) in [4.78, 5) is 8.82. The van der Waals surface area contributed by atoms with Gasteiger partial charge < -0.3 is 9.42 Å². The highest BCUT2D eigenvalue weighted by Gasteiger charge is 2.22. The van der Waals surface area contributed by atoms with E-state index in [1.807, 2.05) is 13.8 Å².